The lowest BCUT2D eigenvalue weighted by Crippen LogP contribution is -2.04. The monoisotopic (exact) mass is 811 g/mol. The highest BCUT2D eigenvalue weighted by molar-refractivity contribution is 6.14. The summed E-state index contributed by atoms with van der Waals surface area (Å²) in [6, 6.07) is 61.4. The van der Waals surface area contributed by atoms with Gasteiger partial charge in [0.05, 0.1) is 5.70 Å². The summed E-state index contributed by atoms with van der Waals surface area (Å²) in [7, 11) is 0. The van der Waals surface area contributed by atoms with Gasteiger partial charge in [0, 0.05) is 38.7 Å². The summed E-state index contributed by atoms with van der Waals surface area (Å²) in [6.45, 7) is 6.28. The van der Waals surface area contributed by atoms with Gasteiger partial charge in [0.2, 0.25) is 0 Å². The van der Waals surface area contributed by atoms with E-state index in [2.05, 4.69) is 91.5 Å². The average Bonchev–Trinajstić information content (AvgIpc) is 3.52. The number of furan rings is 1. The first kappa shape index (κ1) is 38.8. The number of fused-ring (bicyclic) bond motifs is 3. The van der Waals surface area contributed by atoms with Crippen LogP contribution in [0.15, 0.2) is 233 Å². The number of rotatable bonds is 9. The van der Waals surface area contributed by atoms with Crippen LogP contribution in [0.5, 0.6) is 0 Å². The number of amidine groups is 1. The fraction of sp³-hybridized carbons (Fsp3) is 0.0351. The van der Waals surface area contributed by atoms with Crippen LogP contribution in [-0.4, -0.2) is 26.5 Å². The number of aliphatic imine (C=N–C) groups is 2. The van der Waals surface area contributed by atoms with E-state index in [1.54, 1.807) is 0 Å². The highest BCUT2D eigenvalue weighted by atomic mass is 16.3. The highest BCUT2D eigenvalue weighted by Gasteiger charge is 2.15. The first-order valence-electron chi connectivity index (χ1n) is 21.0. The van der Waals surface area contributed by atoms with Crippen LogP contribution in [0.2, 0.25) is 0 Å². The van der Waals surface area contributed by atoms with Gasteiger partial charge in [0.15, 0.2) is 23.3 Å². The lowest BCUT2D eigenvalue weighted by molar-refractivity contribution is 0.669. The van der Waals surface area contributed by atoms with E-state index >= 15 is 0 Å². The number of allylic oxidation sites excluding steroid dienone is 6. The van der Waals surface area contributed by atoms with Crippen LogP contribution in [-0.2, 0) is 0 Å². The summed E-state index contributed by atoms with van der Waals surface area (Å²) < 4.78 is 6.56. The number of hydrogen-bond donors (Lipinski definition) is 0. The zero-order valence-electron chi connectivity index (χ0n) is 34.7. The molecule has 6 nitrogen and oxygen atoms in total. The molecule has 0 atom stereocenters. The topological polar surface area (TPSA) is 76.5 Å². The van der Waals surface area contributed by atoms with Gasteiger partial charge in [-0.2, -0.15) is 0 Å². The van der Waals surface area contributed by atoms with E-state index in [-0.39, 0.29) is 0 Å². The summed E-state index contributed by atoms with van der Waals surface area (Å²) >= 11 is 0. The second kappa shape index (κ2) is 17.3. The minimum atomic E-state index is 0.624. The lowest BCUT2D eigenvalue weighted by Gasteiger charge is -2.09. The van der Waals surface area contributed by atoms with Gasteiger partial charge in [-0.25, -0.2) is 24.9 Å². The first-order chi connectivity index (χ1) is 31.0. The molecule has 9 aromatic rings. The summed E-state index contributed by atoms with van der Waals surface area (Å²) in [4.78, 5) is 24.6. The molecule has 0 saturated heterocycles. The van der Waals surface area contributed by atoms with Gasteiger partial charge in [-0.3, -0.25) is 0 Å². The van der Waals surface area contributed by atoms with Crippen molar-refractivity contribution in [2.75, 3.05) is 0 Å². The summed E-state index contributed by atoms with van der Waals surface area (Å²) in [5.74, 6) is 2.53. The maximum absolute atomic E-state index is 6.56. The minimum absolute atomic E-state index is 0.624. The third-order valence-corrected chi connectivity index (χ3v) is 11.2. The Morgan fingerprint density at radius 1 is 0.476 bits per heavy atom. The van der Waals surface area contributed by atoms with Crippen LogP contribution < -0.4 is 0 Å². The van der Waals surface area contributed by atoms with Crippen LogP contribution >= 0.6 is 0 Å². The largest absolute Gasteiger partial charge is 0.456 e. The maximum Gasteiger partial charge on any atom is 0.164 e. The standard InChI is InChI=1S/C57H41N5O/c1-38(40-16-7-3-8-17-40)58-54(44-18-9-4-10-19-44)59-39(2)41-24-15-25-42(27-26-41)48-32-34-50-51-35-33-49(37-53(51)63-52(50)36-48)43-28-30-47(31-29-43)57-61-55(45-20-11-5-12-21-45)60-56(62-57)46-22-13-6-14-23-46/h3-14,16-37H,1,15H2,2H3. The van der Waals surface area contributed by atoms with E-state index in [0.29, 0.717) is 29.0 Å². The van der Waals surface area contributed by atoms with E-state index in [1.807, 2.05) is 128 Å². The summed E-state index contributed by atoms with van der Waals surface area (Å²) in [6.07, 6.45) is 9.51. The SMILES string of the molecule is C=C(N=C(N=C(C)C1=CCC=C(c2ccc3c(c2)oc2cc(-c4ccc(-c5nc(-c6ccccc6)nc(-c6ccccc6)n5)cc4)ccc23)C=C1)c1ccccc1)c1ccccc1. The van der Waals surface area contributed by atoms with Crippen molar-refractivity contribution >= 4 is 44.8 Å². The Bertz CT molecular complexity index is 3230. The molecule has 0 unspecified atom stereocenters. The molecule has 63 heavy (non-hydrogen) atoms. The molecule has 1 aliphatic carbocycles. The third-order valence-electron chi connectivity index (χ3n) is 11.2. The van der Waals surface area contributed by atoms with Crippen molar-refractivity contribution < 1.29 is 4.42 Å². The highest BCUT2D eigenvalue weighted by Crippen LogP contribution is 2.35. The predicted molar refractivity (Wildman–Crippen MR) is 260 cm³/mol. The van der Waals surface area contributed by atoms with Crippen LogP contribution in [0, 0.1) is 0 Å². The molecule has 0 fully saturated rings. The van der Waals surface area contributed by atoms with Crippen molar-refractivity contribution in [2.24, 2.45) is 9.98 Å². The fourth-order valence-corrected chi connectivity index (χ4v) is 7.78. The van der Waals surface area contributed by atoms with Gasteiger partial charge >= 0.3 is 0 Å². The van der Waals surface area contributed by atoms with Gasteiger partial charge in [0.1, 0.15) is 11.2 Å². The molecule has 0 aliphatic heterocycles. The smallest absolute Gasteiger partial charge is 0.164 e. The molecule has 0 spiro atoms. The number of benzene rings is 7. The van der Waals surface area contributed by atoms with Gasteiger partial charge in [-0.1, -0.05) is 189 Å². The second-order valence-corrected chi connectivity index (χ2v) is 15.3. The quantitative estimate of drug-likeness (QED) is 0.107. The molecule has 2 heterocycles. The summed E-state index contributed by atoms with van der Waals surface area (Å²) in [5, 5.41) is 2.16. The molecule has 0 N–H and O–H groups in total. The molecule has 7 aromatic carbocycles. The zero-order valence-corrected chi connectivity index (χ0v) is 34.7. The van der Waals surface area contributed by atoms with Crippen molar-refractivity contribution in [3.63, 3.8) is 0 Å². The molecule has 0 bridgehead atoms. The molecule has 10 rings (SSSR count). The summed E-state index contributed by atoms with van der Waals surface area (Å²) in [5.41, 5.74) is 13.3. The Labute approximate surface area is 366 Å². The first-order valence-corrected chi connectivity index (χ1v) is 21.0. The second-order valence-electron chi connectivity index (χ2n) is 15.3. The normalized spacial score (nSPS) is 13.2. The van der Waals surface area contributed by atoms with Gasteiger partial charge in [0.25, 0.3) is 0 Å². The molecule has 1 aliphatic rings. The third kappa shape index (κ3) is 8.38. The van der Waals surface area contributed by atoms with Crippen LogP contribution in [0.3, 0.4) is 0 Å². The molecule has 2 aromatic heterocycles. The van der Waals surface area contributed by atoms with Crippen molar-refractivity contribution in [3.05, 3.63) is 235 Å². The Morgan fingerprint density at radius 3 is 1.54 bits per heavy atom. The van der Waals surface area contributed by atoms with Crippen molar-refractivity contribution in [3.8, 4) is 45.3 Å². The molecule has 0 radical (unpaired) electrons. The van der Waals surface area contributed by atoms with E-state index in [4.69, 9.17) is 29.4 Å². The van der Waals surface area contributed by atoms with Gasteiger partial charge in [-0.15, -0.1) is 0 Å². The van der Waals surface area contributed by atoms with E-state index in [0.717, 1.165) is 89.7 Å². The molecular weight excluding hydrogens is 771 g/mol. The van der Waals surface area contributed by atoms with Gasteiger partial charge in [-0.05, 0) is 71.0 Å². The Morgan fingerprint density at radius 2 is 0.952 bits per heavy atom. The maximum atomic E-state index is 6.56. The zero-order chi connectivity index (χ0) is 42.5. The van der Waals surface area contributed by atoms with Crippen LogP contribution in [0.1, 0.15) is 30.0 Å². The van der Waals surface area contributed by atoms with E-state index in [1.165, 1.54) is 0 Å². The Balaban J connectivity index is 0.892. The minimum Gasteiger partial charge on any atom is -0.456 e. The van der Waals surface area contributed by atoms with Crippen molar-refractivity contribution in [1.29, 1.82) is 0 Å². The number of hydrogen-bond acceptors (Lipinski definition) is 5. The number of nitrogens with zero attached hydrogens (tertiary/aromatic N) is 5. The van der Waals surface area contributed by atoms with Crippen LogP contribution in [0.25, 0.3) is 78.5 Å². The Kier molecular flexibility index (Phi) is 10.7. The van der Waals surface area contributed by atoms with Gasteiger partial charge < -0.3 is 4.42 Å². The number of aromatic nitrogens is 3. The predicted octanol–water partition coefficient (Wildman–Crippen LogP) is 14.3. The van der Waals surface area contributed by atoms with E-state index in [9.17, 15) is 0 Å². The molecule has 0 amide bonds. The molecule has 6 heteroatoms. The van der Waals surface area contributed by atoms with Crippen LogP contribution in [0.4, 0.5) is 0 Å². The fourth-order valence-electron chi connectivity index (χ4n) is 7.78. The van der Waals surface area contributed by atoms with E-state index < -0.39 is 0 Å². The molecular formula is C57H41N5O. The van der Waals surface area contributed by atoms with Crippen molar-refractivity contribution in [1.82, 2.24) is 15.0 Å². The Hall–Kier alpha value is -8.35. The molecule has 0 saturated carbocycles. The van der Waals surface area contributed by atoms with Crippen molar-refractivity contribution in [2.45, 2.75) is 13.3 Å². The lowest BCUT2D eigenvalue weighted by atomic mass is 10.0. The molecule has 300 valence electrons. The average molecular weight is 812 g/mol.